The second kappa shape index (κ2) is 3.28. The van der Waals surface area contributed by atoms with E-state index in [0.717, 1.165) is 0 Å². The average molecular weight is 174 g/mol. The highest BCUT2D eigenvalue weighted by Crippen LogP contribution is 1.92. The normalized spacial score (nSPS) is 12.5. The summed E-state index contributed by atoms with van der Waals surface area (Å²) in [6, 6.07) is -0.366. The summed E-state index contributed by atoms with van der Waals surface area (Å²) in [4.78, 5) is 11.1. The average Bonchev–Trinajstić information content (AvgIpc) is 1.49. The molecule has 0 aliphatic carbocycles. The van der Waals surface area contributed by atoms with Crippen LogP contribution in [0.1, 0.15) is 27.7 Å². The van der Waals surface area contributed by atoms with Crippen molar-refractivity contribution < 1.29 is 4.79 Å². The summed E-state index contributed by atoms with van der Waals surface area (Å²) >= 11 is 0. The van der Waals surface area contributed by atoms with E-state index < -0.39 is 11.3 Å². The molecule has 0 atom stereocenters. The van der Waals surface area contributed by atoms with Gasteiger partial charge in [-0.15, -0.1) is 0 Å². The third-order valence-corrected chi connectivity index (χ3v) is 0.871. The van der Waals surface area contributed by atoms with Crippen molar-refractivity contribution >= 4 is 6.03 Å². The lowest BCUT2D eigenvalue weighted by molar-refractivity contribution is 0.220. The summed E-state index contributed by atoms with van der Waals surface area (Å²) < 4.78 is 0. The highest BCUT2D eigenvalue weighted by atomic mass is 16.2. The van der Waals surface area contributed by atoms with E-state index >= 15 is 0 Å². The van der Waals surface area contributed by atoms with E-state index in [9.17, 15) is 4.79 Å². The zero-order valence-electron chi connectivity index (χ0n) is 8.06. The SMILES string of the molecule is CC(C)(N)NC(=O)NC(C)(C)N. The third kappa shape index (κ3) is 7.30. The maximum absolute atomic E-state index is 11.1. The van der Waals surface area contributed by atoms with Crippen LogP contribution in [-0.2, 0) is 0 Å². The van der Waals surface area contributed by atoms with E-state index in [1.807, 2.05) is 0 Å². The Balaban J connectivity index is 3.92. The quantitative estimate of drug-likeness (QED) is 0.432. The van der Waals surface area contributed by atoms with Gasteiger partial charge in [-0.1, -0.05) is 0 Å². The summed E-state index contributed by atoms with van der Waals surface area (Å²) in [6.45, 7) is 6.76. The van der Waals surface area contributed by atoms with Gasteiger partial charge in [0.1, 0.15) is 0 Å². The Morgan fingerprint density at radius 1 is 1.00 bits per heavy atom. The molecule has 72 valence electrons. The first kappa shape index (κ1) is 11.2. The van der Waals surface area contributed by atoms with Crippen LogP contribution in [0.25, 0.3) is 0 Å². The maximum atomic E-state index is 11.1. The van der Waals surface area contributed by atoms with E-state index in [2.05, 4.69) is 10.6 Å². The number of amides is 2. The zero-order valence-corrected chi connectivity index (χ0v) is 8.06. The predicted octanol–water partition coefficient (Wildman–Crippen LogP) is -0.325. The first-order valence-electron chi connectivity index (χ1n) is 3.78. The van der Waals surface area contributed by atoms with Crippen LogP contribution in [-0.4, -0.2) is 17.4 Å². The Hall–Kier alpha value is -0.810. The first-order chi connectivity index (χ1) is 5.10. The van der Waals surface area contributed by atoms with Crippen LogP contribution < -0.4 is 22.1 Å². The molecule has 0 heterocycles. The van der Waals surface area contributed by atoms with Crippen molar-refractivity contribution in [3.63, 3.8) is 0 Å². The van der Waals surface area contributed by atoms with Crippen molar-refractivity contribution in [1.82, 2.24) is 10.6 Å². The number of nitrogens with two attached hydrogens (primary N) is 2. The zero-order chi connectivity index (χ0) is 9.99. The Labute approximate surface area is 72.9 Å². The lowest BCUT2D eigenvalue weighted by atomic mass is 10.2. The molecule has 0 aliphatic heterocycles. The molecule has 0 saturated carbocycles. The fourth-order valence-electron chi connectivity index (χ4n) is 0.616. The highest BCUT2D eigenvalue weighted by Gasteiger charge is 2.18. The summed E-state index contributed by atoms with van der Waals surface area (Å²) in [6.07, 6.45) is 0. The molecule has 0 saturated heterocycles. The van der Waals surface area contributed by atoms with Gasteiger partial charge in [-0.2, -0.15) is 0 Å². The van der Waals surface area contributed by atoms with Crippen molar-refractivity contribution in [2.75, 3.05) is 0 Å². The van der Waals surface area contributed by atoms with Crippen molar-refractivity contribution in [1.29, 1.82) is 0 Å². The van der Waals surface area contributed by atoms with Gasteiger partial charge in [0.15, 0.2) is 0 Å². The van der Waals surface area contributed by atoms with E-state index in [-0.39, 0.29) is 6.03 Å². The molecule has 0 fully saturated rings. The number of hydrogen-bond donors (Lipinski definition) is 4. The predicted molar refractivity (Wildman–Crippen MR) is 48.2 cm³/mol. The standard InChI is InChI=1S/C7H18N4O/c1-6(2,8)10-5(12)11-7(3,4)9/h8-9H2,1-4H3,(H2,10,11,12). The maximum Gasteiger partial charge on any atom is 0.317 e. The van der Waals surface area contributed by atoms with Gasteiger partial charge < -0.3 is 22.1 Å². The molecule has 0 bridgehead atoms. The Morgan fingerprint density at radius 2 is 1.25 bits per heavy atom. The molecule has 5 nitrogen and oxygen atoms in total. The Morgan fingerprint density at radius 3 is 1.42 bits per heavy atom. The van der Waals surface area contributed by atoms with Gasteiger partial charge >= 0.3 is 6.03 Å². The van der Waals surface area contributed by atoms with Crippen molar-refractivity contribution in [3.05, 3.63) is 0 Å². The highest BCUT2D eigenvalue weighted by molar-refractivity contribution is 5.75. The molecule has 12 heavy (non-hydrogen) atoms. The second-order valence-electron chi connectivity index (χ2n) is 4.02. The van der Waals surface area contributed by atoms with Crippen LogP contribution in [0.4, 0.5) is 4.79 Å². The fraction of sp³-hybridized carbons (Fsp3) is 0.857. The summed E-state index contributed by atoms with van der Waals surface area (Å²) in [7, 11) is 0. The molecule has 0 radical (unpaired) electrons. The Bertz CT molecular complexity index is 147. The molecule has 5 heteroatoms. The van der Waals surface area contributed by atoms with E-state index in [4.69, 9.17) is 11.5 Å². The number of urea groups is 1. The minimum atomic E-state index is -0.727. The molecule has 6 N–H and O–H groups in total. The van der Waals surface area contributed by atoms with Gasteiger partial charge in [-0.3, -0.25) is 0 Å². The largest absolute Gasteiger partial charge is 0.321 e. The molecular weight excluding hydrogens is 156 g/mol. The lowest BCUT2D eigenvalue weighted by Crippen LogP contribution is -2.60. The summed E-state index contributed by atoms with van der Waals surface area (Å²) in [5.41, 5.74) is 9.63. The lowest BCUT2D eigenvalue weighted by Gasteiger charge is -2.25. The van der Waals surface area contributed by atoms with E-state index in [1.54, 1.807) is 27.7 Å². The summed E-state index contributed by atoms with van der Waals surface area (Å²) in [5, 5.41) is 5.05. The number of carbonyl (C=O) groups is 1. The summed E-state index contributed by atoms with van der Waals surface area (Å²) in [5.74, 6) is 0. The molecule has 0 aliphatic rings. The van der Waals surface area contributed by atoms with Crippen molar-refractivity contribution in [3.8, 4) is 0 Å². The third-order valence-electron chi connectivity index (χ3n) is 0.871. The molecular formula is C7H18N4O. The minimum Gasteiger partial charge on any atom is -0.321 e. The van der Waals surface area contributed by atoms with Gasteiger partial charge in [-0.25, -0.2) is 4.79 Å². The van der Waals surface area contributed by atoms with Crippen LogP contribution in [0.2, 0.25) is 0 Å². The molecule has 0 aromatic carbocycles. The molecule has 0 rings (SSSR count). The molecule has 0 unspecified atom stereocenters. The van der Waals surface area contributed by atoms with Gasteiger partial charge in [0.05, 0.1) is 11.3 Å². The van der Waals surface area contributed by atoms with Crippen LogP contribution >= 0.6 is 0 Å². The topological polar surface area (TPSA) is 93.2 Å². The van der Waals surface area contributed by atoms with Gasteiger partial charge in [0.25, 0.3) is 0 Å². The Kier molecular flexibility index (Phi) is 3.06. The molecule has 0 aromatic rings. The molecule has 0 aromatic heterocycles. The number of hydrogen-bond acceptors (Lipinski definition) is 3. The van der Waals surface area contributed by atoms with Gasteiger partial charge in [0, 0.05) is 0 Å². The molecule has 0 spiro atoms. The van der Waals surface area contributed by atoms with Crippen LogP contribution in [0.15, 0.2) is 0 Å². The van der Waals surface area contributed by atoms with Gasteiger partial charge in [0.2, 0.25) is 0 Å². The number of carbonyl (C=O) groups excluding carboxylic acids is 1. The van der Waals surface area contributed by atoms with Gasteiger partial charge in [-0.05, 0) is 27.7 Å². The van der Waals surface area contributed by atoms with Crippen molar-refractivity contribution in [2.45, 2.75) is 39.0 Å². The number of rotatable bonds is 2. The smallest absolute Gasteiger partial charge is 0.317 e. The van der Waals surface area contributed by atoms with Crippen LogP contribution in [0, 0.1) is 0 Å². The molecule has 2 amide bonds. The van der Waals surface area contributed by atoms with Crippen LogP contribution in [0.3, 0.4) is 0 Å². The monoisotopic (exact) mass is 174 g/mol. The van der Waals surface area contributed by atoms with Crippen molar-refractivity contribution in [2.24, 2.45) is 11.5 Å². The van der Waals surface area contributed by atoms with Crippen LogP contribution in [0.5, 0.6) is 0 Å². The first-order valence-corrected chi connectivity index (χ1v) is 3.78. The van der Waals surface area contributed by atoms with E-state index in [0.29, 0.717) is 0 Å². The fourth-order valence-corrected chi connectivity index (χ4v) is 0.616. The second-order valence-corrected chi connectivity index (χ2v) is 4.02. The number of nitrogens with one attached hydrogen (secondary N) is 2. The van der Waals surface area contributed by atoms with E-state index in [1.165, 1.54) is 0 Å². The minimum absolute atomic E-state index is 0.366.